The van der Waals surface area contributed by atoms with E-state index in [2.05, 4.69) is 26.8 Å². The first-order valence-corrected chi connectivity index (χ1v) is 8.39. The molecule has 0 bridgehead atoms. The predicted molar refractivity (Wildman–Crippen MR) is 79.2 cm³/mol. The highest BCUT2D eigenvalue weighted by molar-refractivity contribution is 7.89. The van der Waals surface area contributed by atoms with Gasteiger partial charge in [-0.2, -0.15) is 0 Å². The van der Waals surface area contributed by atoms with Crippen LogP contribution in [0.15, 0.2) is 23.2 Å². The van der Waals surface area contributed by atoms with Gasteiger partial charge in [-0.05, 0) is 31.5 Å². The second-order valence-corrected chi connectivity index (χ2v) is 6.79. The molecule has 1 aromatic rings. The Morgan fingerprint density at radius 3 is 2.95 bits per heavy atom. The highest BCUT2D eigenvalue weighted by atomic mass is 32.2. The van der Waals surface area contributed by atoms with E-state index in [9.17, 15) is 8.42 Å². The van der Waals surface area contributed by atoms with Gasteiger partial charge in [0.05, 0.1) is 4.90 Å². The molecule has 6 nitrogen and oxygen atoms in total. The van der Waals surface area contributed by atoms with Gasteiger partial charge in [-0.3, -0.25) is 0 Å². The summed E-state index contributed by atoms with van der Waals surface area (Å²) in [4.78, 5) is 6.61. The minimum atomic E-state index is -3.45. The summed E-state index contributed by atoms with van der Waals surface area (Å²) in [5, 5.41) is 2.84. The van der Waals surface area contributed by atoms with Crippen molar-refractivity contribution < 1.29 is 8.42 Å². The molecule has 2 heterocycles. The number of aromatic nitrogens is 1. The molecule has 1 aliphatic rings. The van der Waals surface area contributed by atoms with Crippen LogP contribution in [-0.2, 0) is 10.0 Å². The minimum absolute atomic E-state index is 0.252. The standard InChI is InChI=1S/C13H22N4O2S/c1-3-17-7-5-11(10-17)9-16-20(18,19)12-4-6-15-13(8-12)14-2/h4,6,8,11,16H,3,5,7,9-10H2,1-2H3,(H,14,15). The van der Waals surface area contributed by atoms with Gasteiger partial charge < -0.3 is 10.2 Å². The monoisotopic (exact) mass is 298 g/mol. The van der Waals surface area contributed by atoms with Crippen molar-refractivity contribution in [3.05, 3.63) is 18.3 Å². The highest BCUT2D eigenvalue weighted by Gasteiger charge is 2.23. The van der Waals surface area contributed by atoms with Gasteiger partial charge in [0.2, 0.25) is 10.0 Å². The molecule has 2 rings (SSSR count). The van der Waals surface area contributed by atoms with Crippen LogP contribution in [0, 0.1) is 5.92 Å². The fraction of sp³-hybridized carbons (Fsp3) is 0.615. The van der Waals surface area contributed by atoms with Gasteiger partial charge in [-0.1, -0.05) is 6.92 Å². The smallest absolute Gasteiger partial charge is 0.240 e. The Labute approximate surface area is 120 Å². The third-order valence-electron chi connectivity index (χ3n) is 3.68. The Kier molecular flexibility index (Phi) is 4.95. The molecule has 0 spiro atoms. The van der Waals surface area contributed by atoms with E-state index in [-0.39, 0.29) is 4.90 Å². The van der Waals surface area contributed by atoms with Crippen LogP contribution in [0.2, 0.25) is 0 Å². The molecule has 2 N–H and O–H groups in total. The van der Waals surface area contributed by atoms with E-state index in [1.54, 1.807) is 7.05 Å². The van der Waals surface area contributed by atoms with Gasteiger partial charge >= 0.3 is 0 Å². The van der Waals surface area contributed by atoms with E-state index in [0.717, 1.165) is 26.1 Å². The lowest BCUT2D eigenvalue weighted by molar-refractivity contribution is 0.342. The number of nitrogens with one attached hydrogen (secondary N) is 2. The van der Waals surface area contributed by atoms with Gasteiger partial charge in [-0.25, -0.2) is 18.1 Å². The van der Waals surface area contributed by atoms with E-state index in [0.29, 0.717) is 18.3 Å². The van der Waals surface area contributed by atoms with E-state index in [4.69, 9.17) is 0 Å². The maximum Gasteiger partial charge on any atom is 0.240 e. The zero-order valence-corrected chi connectivity index (χ0v) is 12.8. The normalized spacial score (nSPS) is 20.2. The lowest BCUT2D eigenvalue weighted by Gasteiger charge is -2.14. The van der Waals surface area contributed by atoms with Gasteiger partial charge in [0.15, 0.2) is 0 Å². The number of rotatable bonds is 6. The molecule has 1 aromatic heterocycles. The van der Waals surface area contributed by atoms with Crippen molar-refractivity contribution in [2.45, 2.75) is 18.2 Å². The first-order chi connectivity index (χ1) is 9.55. The van der Waals surface area contributed by atoms with E-state index >= 15 is 0 Å². The summed E-state index contributed by atoms with van der Waals surface area (Å²) in [5.41, 5.74) is 0. The second kappa shape index (κ2) is 6.51. The molecular weight excluding hydrogens is 276 g/mol. The van der Waals surface area contributed by atoms with E-state index in [1.807, 2.05) is 0 Å². The fourth-order valence-corrected chi connectivity index (χ4v) is 3.52. The lowest BCUT2D eigenvalue weighted by Crippen LogP contribution is -2.31. The molecule has 1 aliphatic heterocycles. The van der Waals surface area contributed by atoms with Crippen LogP contribution >= 0.6 is 0 Å². The molecule has 7 heteroatoms. The zero-order valence-electron chi connectivity index (χ0n) is 12.0. The number of anilines is 1. The van der Waals surface area contributed by atoms with Crippen LogP contribution in [0.5, 0.6) is 0 Å². The summed E-state index contributed by atoms with van der Waals surface area (Å²) in [5.74, 6) is 0.946. The molecule has 1 saturated heterocycles. The summed E-state index contributed by atoms with van der Waals surface area (Å²) in [7, 11) is -1.74. The summed E-state index contributed by atoms with van der Waals surface area (Å²) < 4.78 is 27.2. The number of nitrogens with zero attached hydrogens (tertiary/aromatic N) is 2. The van der Waals surface area contributed by atoms with Crippen LogP contribution in [0.3, 0.4) is 0 Å². The molecule has 1 fully saturated rings. The summed E-state index contributed by atoms with van der Waals surface area (Å²) in [6.45, 7) is 5.68. The molecule has 1 atom stereocenters. The topological polar surface area (TPSA) is 74.3 Å². The molecule has 0 aliphatic carbocycles. The molecule has 112 valence electrons. The van der Waals surface area contributed by atoms with Crippen LogP contribution in [-0.4, -0.2) is 51.5 Å². The van der Waals surface area contributed by atoms with Crippen LogP contribution in [0.1, 0.15) is 13.3 Å². The third kappa shape index (κ3) is 3.68. The molecule has 0 aromatic carbocycles. The lowest BCUT2D eigenvalue weighted by atomic mass is 10.1. The molecule has 20 heavy (non-hydrogen) atoms. The first kappa shape index (κ1) is 15.2. The van der Waals surface area contributed by atoms with Crippen LogP contribution < -0.4 is 10.0 Å². The van der Waals surface area contributed by atoms with Crippen molar-refractivity contribution in [3.8, 4) is 0 Å². The predicted octanol–water partition coefficient (Wildman–Crippen LogP) is 0.743. The van der Waals surface area contributed by atoms with Gasteiger partial charge in [0, 0.05) is 32.4 Å². The van der Waals surface area contributed by atoms with Crippen LogP contribution in [0.25, 0.3) is 0 Å². The first-order valence-electron chi connectivity index (χ1n) is 6.91. The Hall–Kier alpha value is -1.18. The number of hydrogen-bond acceptors (Lipinski definition) is 5. The summed E-state index contributed by atoms with van der Waals surface area (Å²) in [6.07, 6.45) is 2.54. The average molecular weight is 298 g/mol. The molecule has 0 saturated carbocycles. The van der Waals surface area contributed by atoms with Crippen molar-refractivity contribution >= 4 is 15.8 Å². The van der Waals surface area contributed by atoms with Crippen molar-refractivity contribution in [1.82, 2.24) is 14.6 Å². The van der Waals surface area contributed by atoms with Crippen molar-refractivity contribution in [1.29, 1.82) is 0 Å². The van der Waals surface area contributed by atoms with Gasteiger partial charge in [0.25, 0.3) is 0 Å². The number of hydrogen-bond donors (Lipinski definition) is 2. The number of sulfonamides is 1. The third-order valence-corrected chi connectivity index (χ3v) is 5.10. The molecule has 0 amide bonds. The zero-order chi connectivity index (χ0) is 14.6. The maximum absolute atomic E-state index is 12.2. The number of pyridine rings is 1. The van der Waals surface area contributed by atoms with Crippen molar-refractivity contribution in [2.24, 2.45) is 5.92 Å². The SMILES string of the molecule is CCN1CCC(CNS(=O)(=O)c2ccnc(NC)c2)C1. The second-order valence-electron chi connectivity index (χ2n) is 5.03. The van der Waals surface area contributed by atoms with Crippen LogP contribution in [0.4, 0.5) is 5.82 Å². The minimum Gasteiger partial charge on any atom is -0.373 e. The summed E-state index contributed by atoms with van der Waals surface area (Å²) in [6, 6.07) is 3.05. The van der Waals surface area contributed by atoms with Gasteiger partial charge in [-0.15, -0.1) is 0 Å². The Morgan fingerprint density at radius 2 is 2.30 bits per heavy atom. The Bertz CT molecular complexity index is 547. The van der Waals surface area contributed by atoms with Crippen molar-refractivity contribution in [3.63, 3.8) is 0 Å². The van der Waals surface area contributed by atoms with E-state index < -0.39 is 10.0 Å². The van der Waals surface area contributed by atoms with Gasteiger partial charge in [0.1, 0.15) is 5.82 Å². The molecule has 1 unspecified atom stereocenters. The molecule has 0 radical (unpaired) electrons. The fourth-order valence-electron chi connectivity index (χ4n) is 2.39. The van der Waals surface area contributed by atoms with E-state index in [1.165, 1.54) is 18.3 Å². The average Bonchev–Trinajstić information content (AvgIpc) is 2.93. The highest BCUT2D eigenvalue weighted by Crippen LogP contribution is 2.17. The number of likely N-dealkylation sites (tertiary alicyclic amines) is 1. The Balaban J connectivity index is 1.97. The maximum atomic E-state index is 12.2. The van der Waals surface area contributed by atoms with Crippen molar-refractivity contribution in [2.75, 3.05) is 38.5 Å². The quantitative estimate of drug-likeness (QED) is 0.810. The summed E-state index contributed by atoms with van der Waals surface area (Å²) >= 11 is 0. The molecular formula is C13H22N4O2S. The Morgan fingerprint density at radius 1 is 1.50 bits per heavy atom. The largest absolute Gasteiger partial charge is 0.373 e.